The molecular formula is C17H27NO. The number of hydrogen-bond acceptors (Lipinski definition) is 2. The Labute approximate surface area is 117 Å². The summed E-state index contributed by atoms with van der Waals surface area (Å²) in [6.07, 6.45) is 3.95. The number of nitrogens with two attached hydrogens (primary N) is 1. The molecule has 19 heavy (non-hydrogen) atoms. The first-order valence-electron chi connectivity index (χ1n) is 7.50. The Hall–Kier alpha value is -1.02. The van der Waals surface area contributed by atoms with Gasteiger partial charge >= 0.3 is 0 Å². The molecule has 0 aromatic heterocycles. The van der Waals surface area contributed by atoms with Crippen molar-refractivity contribution in [1.29, 1.82) is 0 Å². The zero-order valence-corrected chi connectivity index (χ0v) is 12.6. The fraction of sp³-hybridized carbons (Fsp3) is 0.647. The second kappa shape index (κ2) is 5.96. The number of hydrogen-bond donors (Lipinski definition) is 1. The summed E-state index contributed by atoms with van der Waals surface area (Å²) in [5.41, 5.74) is 8.43. The first-order valence-corrected chi connectivity index (χ1v) is 7.50. The van der Waals surface area contributed by atoms with Crippen molar-refractivity contribution in [3.63, 3.8) is 0 Å². The maximum absolute atomic E-state index is 6.24. The molecular weight excluding hydrogens is 234 g/mol. The van der Waals surface area contributed by atoms with Gasteiger partial charge in [-0.2, -0.15) is 0 Å². The summed E-state index contributed by atoms with van der Waals surface area (Å²) >= 11 is 0. The van der Waals surface area contributed by atoms with E-state index in [9.17, 15) is 0 Å². The average molecular weight is 261 g/mol. The van der Waals surface area contributed by atoms with Crippen LogP contribution in [0.5, 0.6) is 5.75 Å². The molecule has 106 valence electrons. The van der Waals surface area contributed by atoms with Crippen molar-refractivity contribution >= 4 is 0 Å². The van der Waals surface area contributed by atoms with E-state index in [0.717, 1.165) is 36.0 Å². The standard InChI is InChI=1S/C17H27NO/c1-11-5-8-17(16(9-11)14(4)18)19-15-7-6-12(2)13(3)10-15/h5,8-9,12-15H,6-7,10,18H2,1-4H3. The SMILES string of the molecule is Cc1ccc(OC2CCC(C)C(C)C2)c(C(C)N)c1. The van der Waals surface area contributed by atoms with E-state index in [2.05, 4.69) is 39.0 Å². The van der Waals surface area contributed by atoms with Crippen LogP contribution in [0.1, 0.15) is 57.2 Å². The van der Waals surface area contributed by atoms with Crippen molar-refractivity contribution in [3.8, 4) is 5.75 Å². The molecule has 1 saturated carbocycles. The van der Waals surface area contributed by atoms with E-state index in [1.807, 2.05) is 6.92 Å². The third-order valence-corrected chi connectivity index (χ3v) is 4.50. The molecule has 1 aliphatic carbocycles. The molecule has 2 rings (SSSR count). The molecule has 1 aliphatic rings. The minimum absolute atomic E-state index is 0.0230. The van der Waals surface area contributed by atoms with Crippen LogP contribution in [0.25, 0.3) is 0 Å². The lowest BCUT2D eigenvalue weighted by atomic mass is 9.80. The van der Waals surface area contributed by atoms with Gasteiger partial charge in [0.15, 0.2) is 0 Å². The molecule has 0 heterocycles. The molecule has 0 spiro atoms. The Kier molecular flexibility index (Phi) is 4.51. The number of benzene rings is 1. The maximum Gasteiger partial charge on any atom is 0.124 e. The summed E-state index contributed by atoms with van der Waals surface area (Å²) in [6, 6.07) is 6.36. The Bertz CT molecular complexity index is 427. The largest absolute Gasteiger partial charge is 0.490 e. The molecule has 1 aromatic rings. The second-order valence-electron chi connectivity index (χ2n) is 6.34. The lowest BCUT2D eigenvalue weighted by Crippen LogP contribution is -2.29. The lowest BCUT2D eigenvalue weighted by molar-refractivity contribution is 0.0994. The molecule has 0 amide bonds. The quantitative estimate of drug-likeness (QED) is 0.884. The van der Waals surface area contributed by atoms with Gasteiger partial charge in [0.1, 0.15) is 5.75 Å². The molecule has 1 aromatic carbocycles. The van der Waals surface area contributed by atoms with E-state index in [4.69, 9.17) is 10.5 Å². The van der Waals surface area contributed by atoms with Crippen molar-refractivity contribution in [2.45, 2.75) is 59.1 Å². The predicted molar refractivity (Wildman–Crippen MR) is 80.4 cm³/mol. The van der Waals surface area contributed by atoms with Crippen molar-refractivity contribution in [3.05, 3.63) is 29.3 Å². The van der Waals surface area contributed by atoms with Gasteiger partial charge in [-0.1, -0.05) is 31.5 Å². The molecule has 0 saturated heterocycles. The van der Waals surface area contributed by atoms with Gasteiger partial charge in [-0.3, -0.25) is 0 Å². The predicted octanol–water partition coefficient (Wildman–Crippen LogP) is 4.22. The second-order valence-corrected chi connectivity index (χ2v) is 6.34. The zero-order valence-electron chi connectivity index (χ0n) is 12.6. The van der Waals surface area contributed by atoms with Crippen LogP contribution in [-0.2, 0) is 0 Å². The Balaban J connectivity index is 2.11. The van der Waals surface area contributed by atoms with E-state index < -0.39 is 0 Å². The fourth-order valence-electron chi connectivity index (χ4n) is 2.92. The minimum atomic E-state index is 0.0230. The first kappa shape index (κ1) is 14.4. The van der Waals surface area contributed by atoms with Gasteiger partial charge in [-0.05, 0) is 51.0 Å². The molecule has 2 heteroatoms. The highest BCUT2D eigenvalue weighted by molar-refractivity contribution is 5.38. The van der Waals surface area contributed by atoms with E-state index in [-0.39, 0.29) is 6.04 Å². The Morgan fingerprint density at radius 1 is 1.21 bits per heavy atom. The van der Waals surface area contributed by atoms with E-state index >= 15 is 0 Å². The van der Waals surface area contributed by atoms with Crippen LogP contribution in [0, 0.1) is 18.8 Å². The van der Waals surface area contributed by atoms with Crippen LogP contribution in [0.4, 0.5) is 0 Å². The summed E-state index contributed by atoms with van der Waals surface area (Å²) < 4.78 is 6.24. The minimum Gasteiger partial charge on any atom is -0.490 e. The van der Waals surface area contributed by atoms with Gasteiger partial charge in [0, 0.05) is 11.6 Å². The summed E-state index contributed by atoms with van der Waals surface area (Å²) in [5.74, 6) is 2.56. The van der Waals surface area contributed by atoms with Gasteiger partial charge in [0.05, 0.1) is 6.10 Å². The van der Waals surface area contributed by atoms with Crippen molar-refractivity contribution < 1.29 is 4.74 Å². The molecule has 4 unspecified atom stereocenters. The first-order chi connectivity index (χ1) is 8.97. The van der Waals surface area contributed by atoms with Crippen molar-refractivity contribution in [1.82, 2.24) is 0 Å². The monoisotopic (exact) mass is 261 g/mol. The molecule has 4 atom stereocenters. The van der Waals surface area contributed by atoms with Crippen LogP contribution in [0.2, 0.25) is 0 Å². The molecule has 0 radical (unpaired) electrons. The van der Waals surface area contributed by atoms with Crippen LogP contribution in [-0.4, -0.2) is 6.10 Å². The molecule has 0 aliphatic heterocycles. The Morgan fingerprint density at radius 2 is 1.95 bits per heavy atom. The van der Waals surface area contributed by atoms with Gasteiger partial charge in [0.2, 0.25) is 0 Å². The highest BCUT2D eigenvalue weighted by Crippen LogP contribution is 2.34. The van der Waals surface area contributed by atoms with Crippen LogP contribution in [0.3, 0.4) is 0 Å². The number of aryl methyl sites for hydroxylation is 1. The van der Waals surface area contributed by atoms with Crippen LogP contribution < -0.4 is 10.5 Å². The van der Waals surface area contributed by atoms with Crippen LogP contribution >= 0.6 is 0 Å². The van der Waals surface area contributed by atoms with E-state index in [1.54, 1.807) is 0 Å². The molecule has 2 N–H and O–H groups in total. The third-order valence-electron chi connectivity index (χ3n) is 4.50. The summed E-state index contributed by atoms with van der Waals surface area (Å²) in [7, 11) is 0. The fourth-order valence-corrected chi connectivity index (χ4v) is 2.92. The van der Waals surface area contributed by atoms with Crippen molar-refractivity contribution in [2.75, 3.05) is 0 Å². The van der Waals surface area contributed by atoms with Gasteiger partial charge < -0.3 is 10.5 Å². The Morgan fingerprint density at radius 3 is 2.58 bits per heavy atom. The summed E-state index contributed by atoms with van der Waals surface area (Å²) in [6.45, 7) is 8.80. The van der Waals surface area contributed by atoms with E-state index in [0.29, 0.717) is 6.10 Å². The smallest absolute Gasteiger partial charge is 0.124 e. The average Bonchev–Trinajstić information content (AvgIpc) is 2.36. The normalized spacial score (nSPS) is 29.0. The highest BCUT2D eigenvalue weighted by atomic mass is 16.5. The van der Waals surface area contributed by atoms with Gasteiger partial charge in [-0.25, -0.2) is 0 Å². The topological polar surface area (TPSA) is 35.2 Å². The van der Waals surface area contributed by atoms with Gasteiger partial charge in [-0.15, -0.1) is 0 Å². The molecule has 1 fully saturated rings. The molecule has 2 nitrogen and oxygen atoms in total. The summed E-state index contributed by atoms with van der Waals surface area (Å²) in [4.78, 5) is 0. The maximum atomic E-state index is 6.24. The lowest BCUT2D eigenvalue weighted by Gasteiger charge is -2.33. The van der Waals surface area contributed by atoms with E-state index in [1.165, 1.54) is 12.0 Å². The molecule has 0 bridgehead atoms. The number of ether oxygens (including phenoxy) is 1. The zero-order chi connectivity index (χ0) is 14.0. The van der Waals surface area contributed by atoms with Crippen LogP contribution in [0.15, 0.2) is 18.2 Å². The van der Waals surface area contributed by atoms with Gasteiger partial charge in [0.25, 0.3) is 0 Å². The third kappa shape index (κ3) is 3.50. The summed E-state index contributed by atoms with van der Waals surface area (Å²) in [5, 5.41) is 0. The van der Waals surface area contributed by atoms with Crippen molar-refractivity contribution in [2.24, 2.45) is 17.6 Å². The highest BCUT2D eigenvalue weighted by Gasteiger charge is 2.26. The number of rotatable bonds is 3.